The van der Waals surface area contributed by atoms with Gasteiger partial charge in [-0.1, -0.05) is 12.1 Å². The van der Waals surface area contributed by atoms with Gasteiger partial charge in [0, 0.05) is 26.2 Å². The maximum atomic E-state index is 12.5. The minimum absolute atomic E-state index is 0.0194. The lowest BCUT2D eigenvalue weighted by molar-refractivity contribution is 0.0637. The Kier molecular flexibility index (Phi) is 4.50. The van der Waals surface area contributed by atoms with Crippen LogP contribution in [0.1, 0.15) is 36.3 Å². The van der Waals surface area contributed by atoms with Crippen molar-refractivity contribution in [2.24, 2.45) is 0 Å². The van der Waals surface area contributed by atoms with Gasteiger partial charge in [0.2, 0.25) is 0 Å². The van der Waals surface area contributed by atoms with E-state index in [0.717, 1.165) is 58.7 Å². The summed E-state index contributed by atoms with van der Waals surface area (Å²) in [4.78, 5) is 16.7. The van der Waals surface area contributed by atoms with Gasteiger partial charge in [0.1, 0.15) is 0 Å². The Labute approximate surface area is 125 Å². The fraction of sp³-hybridized carbons (Fsp3) is 0.786. The van der Waals surface area contributed by atoms with E-state index in [4.69, 9.17) is 0 Å². The fourth-order valence-electron chi connectivity index (χ4n) is 3.05. The van der Waals surface area contributed by atoms with Gasteiger partial charge in [-0.25, -0.2) is 4.68 Å². The van der Waals surface area contributed by atoms with Crippen LogP contribution in [0, 0.1) is 0 Å². The van der Waals surface area contributed by atoms with Crippen molar-refractivity contribution in [3.05, 3.63) is 11.9 Å². The Balaban J connectivity index is 1.61. The molecule has 21 heavy (non-hydrogen) atoms. The predicted octanol–water partition coefficient (Wildman–Crippen LogP) is -0.0197. The molecule has 7 nitrogen and oxygen atoms in total. The Morgan fingerprint density at radius 1 is 1.29 bits per heavy atom. The van der Waals surface area contributed by atoms with Gasteiger partial charge >= 0.3 is 0 Å². The lowest BCUT2D eigenvalue weighted by atomic mass is 10.1. The van der Waals surface area contributed by atoms with Gasteiger partial charge in [0.05, 0.1) is 12.2 Å². The second kappa shape index (κ2) is 6.53. The number of piperazine rings is 1. The van der Waals surface area contributed by atoms with E-state index in [1.54, 1.807) is 0 Å². The van der Waals surface area contributed by atoms with Gasteiger partial charge in [0.25, 0.3) is 5.91 Å². The Morgan fingerprint density at radius 2 is 2.00 bits per heavy atom. The maximum absolute atomic E-state index is 12.5. The molecule has 0 unspecified atom stereocenters. The first-order chi connectivity index (χ1) is 10.3. The van der Waals surface area contributed by atoms with Gasteiger partial charge < -0.3 is 15.1 Å². The highest BCUT2D eigenvalue weighted by Gasteiger charge is 2.24. The van der Waals surface area contributed by atoms with Crippen molar-refractivity contribution in [3.63, 3.8) is 0 Å². The molecule has 1 amide bonds. The highest BCUT2D eigenvalue weighted by Crippen LogP contribution is 2.17. The number of carbonyl (C=O) groups is 1. The second-order valence-electron chi connectivity index (χ2n) is 5.79. The highest BCUT2D eigenvalue weighted by molar-refractivity contribution is 5.92. The summed E-state index contributed by atoms with van der Waals surface area (Å²) in [5, 5.41) is 11.6. The van der Waals surface area contributed by atoms with Crippen LogP contribution in [0.5, 0.6) is 0 Å². The summed E-state index contributed by atoms with van der Waals surface area (Å²) in [6, 6.07) is 0.372. The topological polar surface area (TPSA) is 66.3 Å². The molecule has 1 aromatic heterocycles. The number of piperidine rings is 1. The zero-order valence-corrected chi connectivity index (χ0v) is 12.7. The van der Waals surface area contributed by atoms with Crippen LogP contribution in [0.2, 0.25) is 0 Å². The summed E-state index contributed by atoms with van der Waals surface area (Å²) in [6.07, 6.45) is 3.92. The Morgan fingerprint density at radius 3 is 2.67 bits per heavy atom. The van der Waals surface area contributed by atoms with E-state index in [-0.39, 0.29) is 5.91 Å². The van der Waals surface area contributed by atoms with Crippen molar-refractivity contribution in [2.45, 2.75) is 25.8 Å². The second-order valence-corrected chi connectivity index (χ2v) is 5.79. The van der Waals surface area contributed by atoms with E-state index in [1.807, 2.05) is 15.8 Å². The zero-order valence-electron chi connectivity index (χ0n) is 12.7. The van der Waals surface area contributed by atoms with Crippen LogP contribution in [0.4, 0.5) is 0 Å². The van der Waals surface area contributed by atoms with Crippen molar-refractivity contribution in [3.8, 4) is 0 Å². The van der Waals surface area contributed by atoms with Gasteiger partial charge in [-0.2, -0.15) is 0 Å². The number of rotatable bonds is 3. The number of nitrogens with zero attached hydrogens (tertiary/aromatic N) is 5. The summed E-state index contributed by atoms with van der Waals surface area (Å²) < 4.78 is 1.87. The van der Waals surface area contributed by atoms with Gasteiger partial charge in [-0.15, -0.1) is 5.10 Å². The lowest BCUT2D eigenvalue weighted by Crippen LogP contribution is -2.48. The third-order valence-electron chi connectivity index (χ3n) is 4.52. The first kappa shape index (κ1) is 14.5. The summed E-state index contributed by atoms with van der Waals surface area (Å²) in [6.45, 7) is 8.69. The van der Waals surface area contributed by atoms with E-state index < -0.39 is 0 Å². The number of likely N-dealkylation sites (N-methyl/N-ethyl adjacent to an activating group) is 1. The molecule has 116 valence electrons. The number of hydrogen-bond donors (Lipinski definition) is 1. The van der Waals surface area contributed by atoms with Gasteiger partial charge in [-0.3, -0.25) is 4.79 Å². The van der Waals surface area contributed by atoms with Gasteiger partial charge in [-0.05, 0) is 32.5 Å². The Hall–Kier alpha value is -1.47. The smallest absolute Gasteiger partial charge is 0.276 e. The van der Waals surface area contributed by atoms with E-state index in [0.29, 0.717) is 11.7 Å². The first-order valence-corrected chi connectivity index (χ1v) is 7.92. The molecular formula is C14H24N6O. The summed E-state index contributed by atoms with van der Waals surface area (Å²) in [5.41, 5.74) is 0.485. The van der Waals surface area contributed by atoms with Crippen LogP contribution >= 0.6 is 0 Å². The zero-order chi connectivity index (χ0) is 14.7. The van der Waals surface area contributed by atoms with Crippen LogP contribution in [0.3, 0.4) is 0 Å². The van der Waals surface area contributed by atoms with E-state index >= 15 is 0 Å². The molecule has 7 heteroatoms. The number of carbonyl (C=O) groups excluding carboxylic acids is 1. The standard InChI is InChI=1S/C14H24N6O/c1-2-18-7-9-19(10-8-18)14(21)13-11-20(17-16-13)12-3-5-15-6-4-12/h11-12,15H,2-10H2,1H3. The van der Waals surface area contributed by atoms with Crippen molar-refractivity contribution in [2.75, 3.05) is 45.8 Å². The number of aromatic nitrogens is 3. The van der Waals surface area contributed by atoms with Gasteiger partial charge in [0.15, 0.2) is 5.69 Å². The minimum Gasteiger partial charge on any atom is -0.335 e. The van der Waals surface area contributed by atoms with Crippen molar-refractivity contribution < 1.29 is 4.79 Å². The number of nitrogens with one attached hydrogen (secondary N) is 1. The fourth-order valence-corrected chi connectivity index (χ4v) is 3.05. The van der Waals surface area contributed by atoms with Crippen LogP contribution < -0.4 is 5.32 Å². The molecule has 2 aliphatic rings. The summed E-state index contributed by atoms with van der Waals surface area (Å²) >= 11 is 0. The molecular weight excluding hydrogens is 268 g/mol. The monoisotopic (exact) mass is 292 g/mol. The SMILES string of the molecule is CCN1CCN(C(=O)c2cn(C3CCNCC3)nn2)CC1. The van der Waals surface area contributed by atoms with Crippen LogP contribution in [0.15, 0.2) is 6.20 Å². The third kappa shape index (κ3) is 3.24. The molecule has 0 radical (unpaired) electrons. The summed E-state index contributed by atoms with van der Waals surface area (Å²) in [7, 11) is 0. The van der Waals surface area contributed by atoms with E-state index in [1.165, 1.54) is 0 Å². The molecule has 0 atom stereocenters. The predicted molar refractivity (Wildman–Crippen MR) is 79.2 cm³/mol. The molecule has 0 aliphatic carbocycles. The molecule has 2 saturated heterocycles. The largest absolute Gasteiger partial charge is 0.335 e. The molecule has 3 rings (SSSR count). The average Bonchev–Trinajstić information content (AvgIpc) is 3.05. The van der Waals surface area contributed by atoms with Crippen LogP contribution in [-0.2, 0) is 0 Å². The van der Waals surface area contributed by atoms with E-state index in [9.17, 15) is 4.79 Å². The minimum atomic E-state index is 0.0194. The first-order valence-electron chi connectivity index (χ1n) is 7.92. The molecule has 0 spiro atoms. The number of amides is 1. The quantitative estimate of drug-likeness (QED) is 0.848. The molecule has 1 N–H and O–H groups in total. The van der Waals surface area contributed by atoms with E-state index in [2.05, 4.69) is 27.5 Å². The van der Waals surface area contributed by atoms with Crippen molar-refractivity contribution in [1.29, 1.82) is 0 Å². The van der Waals surface area contributed by atoms with Crippen LogP contribution in [-0.4, -0.2) is 76.5 Å². The summed E-state index contributed by atoms with van der Waals surface area (Å²) in [5.74, 6) is 0.0194. The molecule has 2 fully saturated rings. The van der Waals surface area contributed by atoms with Crippen molar-refractivity contribution in [1.82, 2.24) is 30.1 Å². The molecule has 0 saturated carbocycles. The highest BCUT2D eigenvalue weighted by atomic mass is 16.2. The number of hydrogen-bond acceptors (Lipinski definition) is 5. The molecule has 3 heterocycles. The molecule has 2 aliphatic heterocycles. The third-order valence-corrected chi connectivity index (χ3v) is 4.52. The average molecular weight is 292 g/mol. The lowest BCUT2D eigenvalue weighted by Gasteiger charge is -2.33. The maximum Gasteiger partial charge on any atom is 0.276 e. The van der Waals surface area contributed by atoms with Crippen molar-refractivity contribution >= 4 is 5.91 Å². The molecule has 0 bridgehead atoms. The molecule has 0 aromatic carbocycles. The Bertz CT molecular complexity index is 474. The molecule has 1 aromatic rings. The normalized spacial score (nSPS) is 21.7. The van der Waals surface area contributed by atoms with Crippen LogP contribution in [0.25, 0.3) is 0 Å².